The SMILES string of the molecule is COc1ccc(N(CC(=O)N/N=C\c2cccc(OC)c2OC)S(=O)(=O)c2ccccc2)cc1Cl. The predicted molar refractivity (Wildman–Crippen MR) is 134 cm³/mol. The highest BCUT2D eigenvalue weighted by Crippen LogP contribution is 2.32. The summed E-state index contributed by atoms with van der Waals surface area (Å²) in [4.78, 5) is 12.8. The van der Waals surface area contributed by atoms with Gasteiger partial charge >= 0.3 is 0 Å². The van der Waals surface area contributed by atoms with Crippen molar-refractivity contribution in [2.75, 3.05) is 32.2 Å². The Kier molecular flexibility index (Phi) is 8.56. The normalized spacial score (nSPS) is 11.2. The number of sulfonamides is 1. The third-order valence-electron chi connectivity index (χ3n) is 4.87. The standard InChI is InChI=1S/C24H24ClN3O6S/c1-32-21-13-12-18(14-20(21)25)28(35(30,31)19-9-5-4-6-10-19)16-23(29)27-26-15-17-8-7-11-22(33-2)24(17)34-3/h4-15H,16H2,1-3H3,(H,27,29)/b26-15-. The number of carbonyl (C=O) groups excluding carboxylic acids is 1. The molecule has 0 aliphatic rings. The molecule has 0 aliphatic carbocycles. The number of amides is 1. The fraction of sp³-hybridized carbons (Fsp3) is 0.167. The Morgan fingerprint density at radius 2 is 1.69 bits per heavy atom. The minimum Gasteiger partial charge on any atom is -0.495 e. The Morgan fingerprint density at radius 1 is 0.971 bits per heavy atom. The van der Waals surface area contributed by atoms with Gasteiger partial charge in [0.25, 0.3) is 15.9 Å². The first-order chi connectivity index (χ1) is 16.8. The highest BCUT2D eigenvalue weighted by molar-refractivity contribution is 7.92. The lowest BCUT2D eigenvalue weighted by Gasteiger charge is -2.24. The minimum atomic E-state index is -4.10. The molecule has 0 atom stereocenters. The zero-order chi connectivity index (χ0) is 25.4. The van der Waals surface area contributed by atoms with E-state index in [1.165, 1.54) is 57.9 Å². The van der Waals surface area contributed by atoms with E-state index in [1.54, 1.807) is 36.4 Å². The van der Waals surface area contributed by atoms with Crippen LogP contribution in [0.15, 0.2) is 76.7 Å². The van der Waals surface area contributed by atoms with Crippen LogP contribution in [0.5, 0.6) is 17.2 Å². The molecule has 0 radical (unpaired) electrons. The van der Waals surface area contributed by atoms with E-state index in [-0.39, 0.29) is 15.6 Å². The quantitative estimate of drug-likeness (QED) is 0.324. The van der Waals surface area contributed by atoms with Crippen molar-refractivity contribution in [2.45, 2.75) is 4.90 Å². The topological polar surface area (TPSA) is 107 Å². The van der Waals surface area contributed by atoms with Gasteiger partial charge in [0.1, 0.15) is 12.3 Å². The van der Waals surface area contributed by atoms with Crippen molar-refractivity contribution in [1.29, 1.82) is 0 Å². The van der Waals surface area contributed by atoms with Crippen LogP contribution < -0.4 is 23.9 Å². The van der Waals surface area contributed by atoms with Gasteiger partial charge in [0, 0.05) is 5.56 Å². The fourth-order valence-corrected chi connectivity index (χ4v) is 4.88. The number of anilines is 1. The van der Waals surface area contributed by atoms with Gasteiger partial charge < -0.3 is 14.2 Å². The number of benzene rings is 3. The van der Waals surface area contributed by atoms with Gasteiger partial charge in [-0.2, -0.15) is 5.10 Å². The van der Waals surface area contributed by atoms with E-state index in [0.717, 1.165) is 4.31 Å². The molecule has 0 fully saturated rings. The number of carbonyl (C=O) groups is 1. The number of nitrogens with zero attached hydrogens (tertiary/aromatic N) is 2. The van der Waals surface area contributed by atoms with Crippen LogP contribution in [0.1, 0.15) is 5.56 Å². The molecular weight excluding hydrogens is 494 g/mol. The van der Waals surface area contributed by atoms with E-state index in [9.17, 15) is 13.2 Å². The molecule has 0 saturated heterocycles. The third-order valence-corrected chi connectivity index (χ3v) is 6.95. The third kappa shape index (κ3) is 6.03. The van der Waals surface area contributed by atoms with Crippen molar-refractivity contribution in [2.24, 2.45) is 5.10 Å². The van der Waals surface area contributed by atoms with Crippen molar-refractivity contribution < 1.29 is 27.4 Å². The van der Waals surface area contributed by atoms with Gasteiger partial charge in [-0.05, 0) is 42.5 Å². The second-order valence-electron chi connectivity index (χ2n) is 7.02. The fourth-order valence-electron chi connectivity index (χ4n) is 3.20. The van der Waals surface area contributed by atoms with Crippen LogP contribution in [0, 0.1) is 0 Å². The van der Waals surface area contributed by atoms with Crippen LogP contribution in [0.3, 0.4) is 0 Å². The van der Waals surface area contributed by atoms with Gasteiger partial charge in [-0.1, -0.05) is 35.9 Å². The average molecular weight is 518 g/mol. The van der Waals surface area contributed by atoms with Crippen molar-refractivity contribution in [3.8, 4) is 17.2 Å². The number of rotatable bonds is 10. The van der Waals surface area contributed by atoms with E-state index >= 15 is 0 Å². The number of nitrogens with one attached hydrogen (secondary N) is 1. The second-order valence-corrected chi connectivity index (χ2v) is 9.29. The molecule has 0 aliphatic heterocycles. The molecule has 35 heavy (non-hydrogen) atoms. The molecule has 0 bridgehead atoms. The molecule has 1 amide bonds. The molecule has 0 saturated carbocycles. The Balaban J connectivity index is 1.87. The van der Waals surface area contributed by atoms with Crippen LogP contribution in [0.25, 0.3) is 0 Å². The molecule has 3 rings (SSSR count). The first kappa shape index (κ1) is 25.9. The van der Waals surface area contributed by atoms with E-state index < -0.39 is 22.5 Å². The van der Waals surface area contributed by atoms with Crippen molar-refractivity contribution in [3.63, 3.8) is 0 Å². The lowest BCUT2D eigenvalue weighted by atomic mass is 10.2. The Morgan fingerprint density at radius 3 is 2.31 bits per heavy atom. The van der Waals surface area contributed by atoms with Crippen LogP contribution in [-0.2, 0) is 14.8 Å². The molecule has 0 unspecified atom stereocenters. The first-order valence-corrected chi connectivity index (χ1v) is 12.1. The molecule has 3 aromatic rings. The Bertz CT molecular complexity index is 1320. The summed E-state index contributed by atoms with van der Waals surface area (Å²) in [7, 11) is 0.343. The summed E-state index contributed by atoms with van der Waals surface area (Å²) in [6.07, 6.45) is 1.37. The highest BCUT2D eigenvalue weighted by Gasteiger charge is 2.27. The highest BCUT2D eigenvalue weighted by atomic mass is 35.5. The van der Waals surface area contributed by atoms with Crippen molar-refractivity contribution in [3.05, 3.63) is 77.3 Å². The molecule has 0 heterocycles. The zero-order valence-electron chi connectivity index (χ0n) is 19.3. The summed E-state index contributed by atoms with van der Waals surface area (Å²) in [6.45, 7) is -0.549. The number of methoxy groups -OCH3 is 3. The summed E-state index contributed by atoms with van der Waals surface area (Å²) in [5, 5.41) is 4.14. The maximum atomic E-state index is 13.4. The molecule has 3 aromatic carbocycles. The van der Waals surface area contributed by atoms with Crippen molar-refractivity contribution >= 4 is 39.4 Å². The Hall–Kier alpha value is -3.76. The summed E-state index contributed by atoms with van der Waals surface area (Å²) in [5.41, 5.74) is 3.10. The zero-order valence-corrected chi connectivity index (χ0v) is 20.8. The van der Waals surface area contributed by atoms with E-state index in [1.807, 2.05) is 0 Å². The largest absolute Gasteiger partial charge is 0.495 e. The number of hydrazone groups is 1. The number of ether oxygens (including phenoxy) is 3. The van der Waals surface area contributed by atoms with E-state index in [0.29, 0.717) is 22.8 Å². The lowest BCUT2D eigenvalue weighted by molar-refractivity contribution is -0.119. The Labute approximate surface area is 208 Å². The number of hydrogen-bond donors (Lipinski definition) is 1. The lowest BCUT2D eigenvalue weighted by Crippen LogP contribution is -2.39. The number of hydrogen-bond acceptors (Lipinski definition) is 7. The molecule has 0 aromatic heterocycles. The van der Waals surface area contributed by atoms with Gasteiger partial charge in [-0.15, -0.1) is 0 Å². The summed E-state index contributed by atoms with van der Waals surface area (Å²) >= 11 is 6.22. The van der Waals surface area contributed by atoms with Gasteiger partial charge in [-0.25, -0.2) is 13.8 Å². The maximum absolute atomic E-state index is 13.4. The van der Waals surface area contributed by atoms with Crippen LogP contribution in [0.4, 0.5) is 5.69 Å². The van der Waals surface area contributed by atoms with Gasteiger partial charge in [0.15, 0.2) is 11.5 Å². The van der Waals surface area contributed by atoms with Crippen LogP contribution >= 0.6 is 11.6 Å². The molecule has 9 nitrogen and oxygen atoms in total. The first-order valence-electron chi connectivity index (χ1n) is 10.3. The molecule has 0 spiro atoms. The van der Waals surface area contributed by atoms with Crippen molar-refractivity contribution in [1.82, 2.24) is 5.43 Å². The average Bonchev–Trinajstić information content (AvgIpc) is 2.87. The molecule has 1 N–H and O–H groups in total. The van der Waals surface area contributed by atoms with E-state index in [2.05, 4.69) is 10.5 Å². The molecule has 184 valence electrons. The van der Waals surface area contributed by atoms with Gasteiger partial charge in [0.2, 0.25) is 0 Å². The predicted octanol–water partition coefficient (Wildman–Crippen LogP) is 3.71. The minimum absolute atomic E-state index is 0.0179. The second kappa shape index (κ2) is 11.6. The molecule has 11 heteroatoms. The number of halogens is 1. The monoisotopic (exact) mass is 517 g/mol. The van der Waals surface area contributed by atoms with Crippen LogP contribution in [0.2, 0.25) is 5.02 Å². The summed E-state index contributed by atoms with van der Waals surface area (Å²) < 4.78 is 43.4. The van der Waals surface area contributed by atoms with E-state index in [4.69, 9.17) is 25.8 Å². The smallest absolute Gasteiger partial charge is 0.264 e. The summed E-state index contributed by atoms with van der Waals surface area (Å²) in [5.74, 6) is 0.636. The van der Waals surface area contributed by atoms with Gasteiger partial charge in [-0.3, -0.25) is 9.10 Å². The van der Waals surface area contributed by atoms with Gasteiger partial charge in [0.05, 0.1) is 43.1 Å². The summed E-state index contributed by atoms with van der Waals surface area (Å²) in [6, 6.07) is 17.4. The number of para-hydroxylation sites is 1. The van der Waals surface area contributed by atoms with Crippen LogP contribution in [-0.4, -0.2) is 48.4 Å². The molecular formula is C24H24ClN3O6S. The maximum Gasteiger partial charge on any atom is 0.264 e.